The van der Waals surface area contributed by atoms with Crippen molar-refractivity contribution < 1.29 is 27.5 Å². The number of nitrogens with zero attached hydrogens (tertiary/aromatic N) is 4. The molecule has 0 aromatic carbocycles. The van der Waals surface area contributed by atoms with Gasteiger partial charge in [0, 0.05) is 35.6 Å². The Morgan fingerprint density at radius 2 is 2.16 bits per heavy atom. The van der Waals surface area contributed by atoms with E-state index in [1.807, 2.05) is 0 Å². The molecule has 1 N–H and O–H groups in total. The zero-order valence-electron chi connectivity index (χ0n) is 16.7. The number of nitrogens with one attached hydrogen (secondary N) is 1. The van der Waals surface area contributed by atoms with Gasteiger partial charge in [-0.2, -0.15) is 18.4 Å². The predicted octanol–water partition coefficient (Wildman–Crippen LogP) is 2.70. The highest BCUT2D eigenvalue weighted by Crippen LogP contribution is 2.33. The van der Waals surface area contributed by atoms with E-state index in [1.54, 1.807) is 26.0 Å². The second-order valence-corrected chi connectivity index (χ2v) is 6.93. The van der Waals surface area contributed by atoms with E-state index in [9.17, 15) is 22.8 Å². The van der Waals surface area contributed by atoms with Gasteiger partial charge in [0.2, 0.25) is 5.88 Å². The maximum atomic E-state index is 12.9. The molecule has 0 radical (unpaired) electrons. The number of aromatic nitrogens is 2. The molecule has 0 aliphatic carbocycles. The summed E-state index contributed by atoms with van der Waals surface area (Å²) < 4.78 is 41.8. The number of fused-ring (bicyclic) bond motifs is 1. The van der Waals surface area contributed by atoms with Crippen LogP contribution in [0.5, 0.6) is 5.88 Å². The highest BCUT2D eigenvalue weighted by molar-refractivity contribution is 6.03. The molecular formula is C20H18F3N5O3. The van der Waals surface area contributed by atoms with Crippen molar-refractivity contribution >= 4 is 11.8 Å². The van der Waals surface area contributed by atoms with E-state index in [0.29, 0.717) is 22.3 Å². The zero-order chi connectivity index (χ0) is 22.8. The summed E-state index contributed by atoms with van der Waals surface area (Å²) in [7, 11) is 0. The van der Waals surface area contributed by atoms with Crippen molar-refractivity contribution in [3.8, 4) is 11.9 Å². The fourth-order valence-corrected chi connectivity index (χ4v) is 3.26. The molecule has 31 heavy (non-hydrogen) atoms. The maximum Gasteiger partial charge on any atom is 0.422 e. The normalized spacial score (nSPS) is 14.1. The van der Waals surface area contributed by atoms with Crippen LogP contribution in [0.2, 0.25) is 0 Å². The van der Waals surface area contributed by atoms with Crippen molar-refractivity contribution in [2.45, 2.75) is 32.6 Å². The maximum absolute atomic E-state index is 12.9. The highest BCUT2D eigenvalue weighted by Gasteiger charge is 2.35. The third-order valence-corrected chi connectivity index (χ3v) is 4.79. The molecule has 0 fully saturated rings. The van der Waals surface area contributed by atoms with Gasteiger partial charge in [0.25, 0.3) is 11.8 Å². The van der Waals surface area contributed by atoms with E-state index >= 15 is 0 Å². The number of pyridine rings is 2. The van der Waals surface area contributed by atoms with Crippen LogP contribution in [0.15, 0.2) is 24.5 Å². The molecule has 2 aromatic heterocycles. The van der Waals surface area contributed by atoms with E-state index in [1.165, 1.54) is 23.4 Å². The fourth-order valence-electron chi connectivity index (χ4n) is 3.26. The molecule has 0 saturated heterocycles. The van der Waals surface area contributed by atoms with Crippen LogP contribution < -0.4 is 10.1 Å². The van der Waals surface area contributed by atoms with E-state index in [4.69, 9.17) is 10.00 Å². The van der Waals surface area contributed by atoms with Crippen molar-refractivity contribution in [2.24, 2.45) is 0 Å². The number of carbonyl (C=O) groups is 2. The first-order valence-corrected chi connectivity index (χ1v) is 9.22. The number of hydrogen-bond donors (Lipinski definition) is 1. The van der Waals surface area contributed by atoms with Gasteiger partial charge in [0.1, 0.15) is 12.2 Å². The van der Waals surface area contributed by atoms with Crippen LogP contribution >= 0.6 is 0 Å². The summed E-state index contributed by atoms with van der Waals surface area (Å²) in [6.45, 7) is 1.80. The summed E-state index contributed by atoms with van der Waals surface area (Å²) >= 11 is 0. The Hall–Kier alpha value is -3.68. The number of hydrogen-bond acceptors (Lipinski definition) is 6. The van der Waals surface area contributed by atoms with Crippen molar-refractivity contribution in [3.05, 3.63) is 52.5 Å². The van der Waals surface area contributed by atoms with E-state index in [-0.39, 0.29) is 30.6 Å². The molecule has 0 saturated carbocycles. The number of ether oxygens (including phenoxy) is 1. The third-order valence-electron chi connectivity index (χ3n) is 4.79. The Morgan fingerprint density at radius 3 is 2.81 bits per heavy atom. The predicted molar refractivity (Wildman–Crippen MR) is 101 cm³/mol. The van der Waals surface area contributed by atoms with Crippen molar-refractivity contribution in [1.82, 2.24) is 20.2 Å². The number of rotatable bonds is 6. The molecule has 1 aliphatic rings. The van der Waals surface area contributed by atoms with Crippen molar-refractivity contribution in [2.75, 3.05) is 13.2 Å². The lowest BCUT2D eigenvalue weighted by Gasteiger charge is -2.25. The molecule has 3 heterocycles. The Bertz CT molecular complexity index is 1070. The van der Waals surface area contributed by atoms with Crippen LogP contribution in [0.1, 0.15) is 50.5 Å². The Kier molecular flexibility index (Phi) is 6.10. The van der Waals surface area contributed by atoms with Crippen molar-refractivity contribution in [3.63, 3.8) is 0 Å². The smallest absolute Gasteiger partial charge is 0.422 e. The number of nitriles is 1. The molecule has 2 amide bonds. The lowest BCUT2D eigenvalue weighted by atomic mass is 10.1. The molecule has 8 nitrogen and oxygen atoms in total. The Morgan fingerprint density at radius 1 is 1.42 bits per heavy atom. The minimum Gasteiger partial charge on any atom is -0.468 e. The van der Waals surface area contributed by atoms with Crippen LogP contribution in [0.4, 0.5) is 13.2 Å². The van der Waals surface area contributed by atoms with Gasteiger partial charge in [-0.25, -0.2) is 4.98 Å². The molecule has 0 bridgehead atoms. The second kappa shape index (κ2) is 8.59. The number of halogens is 3. The number of aryl methyl sites for hydroxylation is 1. The summed E-state index contributed by atoms with van der Waals surface area (Å²) in [6.07, 6.45) is -1.76. The van der Waals surface area contributed by atoms with Crippen LogP contribution in [-0.2, 0) is 6.54 Å². The Balaban J connectivity index is 1.81. The van der Waals surface area contributed by atoms with Gasteiger partial charge in [-0.15, -0.1) is 0 Å². The quantitative estimate of drug-likeness (QED) is 0.702. The van der Waals surface area contributed by atoms with E-state index in [0.717, 1.165) is 0 Å². The van der Waals surface area contributed by atoms with E-state index in [2.05, 4.69) is 15.3 Å². The van der Waals surface area contributed by atoms with Gasteiger partial charge < -0.3 is 15.0 Å². The molecule has 1 atom stereocenters. The van der Waals surface area contributed by atoms with Crippen LogP contribution in [0.25, 0.3) is 0 Å². The van der Waals surface area contributed by atoms with Crippen molar-refractivity contribution in [1.29, 1.82) is 5.26 Å². The number of alkyl halides is 3. The standard InChI is InChI=1S/C20H18F3N5O3/c1-11-7-13(8-27-18(11)31-10-20(21,22)23)12(2)28-9-15-14(19(28)30)3-5-25-16(15)17(29)26-6-4-24/h3,5,7-8,12H,6,9-10H2,1-2H3,(H,26,29). The summed E-state index contributed by atoms with van der Waals surface area (Å²) in [4.78, 5) is 34.7. The number of carbonyl (C=O) groups excluding carboxylic acids is 2. The monoisotopic (exact) mass is 433 g/mol. The highest BCUT2D eigenvalue weighted by atomic mass is 19.4. The Labute approximate surface area is 175 Å². The van der Waals surface area contributed by atoms with E-state index < -0.39 is 24.7 Å². The summed E-state index contributed by atoms with van der Waals surface area (Å²) in [6, 6.07) is 4.46. The summed E-state index contributed by atoms with van der Waals surface area (Å²) in [5.41, 5.74) is 1.85. The van der Waals surface area contributed by atoms with Gasteiger partial charge in [0.15, 0.2) is 6.61 Å². The van der Waals surface area contributed by atoms with Gasteiger partial charge >= 0.3 is 6.18 Å². The van der Waals surface area contributed by atoms with Gasteiger partial charge in [0.05, 0.1) is 12.1 Å². The molecule has 1 aliphatic heterocycles. The topological polar surface area (TPSA) is 108 Å². The molecule has 162 valence electrons. The average Bonchev–Trinajstić information content (AvgIpc) is 3.06. The van der Waals surface area contributed by atoms with Gasteiger partial charge in [-0.3, -0.25) is 14.6 Å². The van der Waals surface area contributed by atoms with Crippen LogP contribution in [0, 0.1) is 18.3 Å². The molecule has 2 aromatic rings. The molecule has 1 unspecified atom stereocenters. The summed E-state index contributed by atoms with van der Waals surface area (Å²) in [5, 5.41) is 11.0. The lowest BCUT2D eigenvalue weighted by Crippen LogP contribution is -2.28. The molecule has 11 heteroatoms. The molecular weight excluding hydrogens is 415 g/mol. The fraction of sp³-hybridized carbons (Fsp3) is 0.350. The van der Waals surface area contributed by atoms with Crippen LogP contribution in [0.3, 0.4) is 0 Å². The first kappa shape index (κ1) is 22.0. The molecule has 3 rings (SSSR count). The molecule has 0 spiro atoms. The zero-order valence-corrected chi connectivity index (χ0v) is 16.7. The largest absolute Gasteiger partial charge is 0.468 e. The minimum atomic E-state index is -4.47. The summed E-state index contributed by atoms with van der Waals surface area (Å²) in [5.74, 6) is -0.997. The number of amides is 2. The van der Waals surface area contributed by atoms with Gasteiger partial charge in [-0.1, -0.05) is 0 Å². The van der Waals surface area contributed by atoms with Crippen LogP contribution in [-0.4, -0.2) is 46.0 Å². The first-order valence-electron chi connectivity index (χ1n) is 9.22. The average molecular weight is 433 g/mol. The SMILES string of the molecule is Cc1cc(C(C)N2Cc3c(ccnc3C(=O)NCC#N)C2=O)cnc1OCC(F)(F)F. The van der Waals surface area contributed by atoms with Gasteiger partial charge in [-0.05, 0) is 31.5 Å². The third kappa shape index (κ3) is 4.74. The lowest BCUT2D eigenvalue weighted by molar-refractivity contribution is -0.154. The first-order chi connectivity index (χ1) is 14.6. The minimum absolute atomic E-state index is 0.0704. The second-order valence-electron chi connectivity index (χ2n) is 6.93.